The summed E-state index contributed by atoms with van der Waals surface area (Å²) >= 11 is 0. The molecule has 0 aliphatic carbocycles. The summed E-state index contributed by atoms with van der Waals surface area (Å²) in [6, 6.07) is 16.4. The molecule has 2 aromatic rings. The first-order valence-corrected chi connectivity index (χ1v) is 7.95. The highest BCUT2D eigenvalue weighted by Crippen LogP contribution is 2.27. The molecule has 0 saturated carbocycles. The second-order valence-corrected chi connectivity index (χ2v) is 5.57. The second-order valence-electron chi connectivity index (χ2n) is 5.57. The van der Waals surface area contributed by atoms with E-state index in [1.807, 2.05) is 24.3 Å². The molecule has 3 rings (SSSR count). The first-order valence-electron chi connectivity index (χ1n) is 7.95. The zero-order valence-electron chi connectivity index (χ0n) is 13.5. The predicted molar refractivity (Wildman–Crippen MR) is 93.6 cm³/mol. The van der Waals surface area contributed by atoms with E-state index in [4.69, 9.17) is 10.00 Å². The third-order valence-corrected chi connectivity index (χ3v) is 3.80. The molecule has 124 valence electrons. The molecule has 5 nitrogen and oxygen atoms in total. The number of imide groups is 1. The molecule has 0 unspecified atom stereocenters. The van der Waals surface area contributed by atoms with Crippen molar-refractivity contribution in [3.8, 4) is 11.8 Å². The van der Waals surface area contributed by atoms with Crippen molar-refractivity contribution < 1.29 is 14.3 Å². The van der Waals surface area contributed by atoms with E-state index in [2.05, 4.69) is 11.4 Å². The van der Waals surface area contributed by atoms with Gasteiger partial charge in [-0.25, -0.2) is 0 Å². The number of nitrogens with one attached hydrogen (secondary N) is 1. The smallest absolute Gasteiger partial charge is 0.258 e. The summed E-state index contributed by atoms with van der Waals surface area (Å²) in [5.74, 6) is -0.121. The minimum absolute atomic E-state index is 0.382. The maximum absolute atomic E-state index is 12.2. The van der Waals surface area contributed by atoms with Crippen LogP contribution in [0.15, 0.2) is 48.5 Å². The lowest BCUT2D eigenvalue weighted by atomic mass is 9.93. The number of hydrogen-bond donors (Lipinski definition) is 1. The molecule has 1 aliphatic rings. The number of benzene rings is 2. The Hall–Kier alpha value is -3.39. The van der Waals surface area contributed by atoms with Crippen LogP contribution in [-0.4, -0.2) is 18.4 Å². The molecule has 2 amide bonds. The van der Waals surface area contributed by atoms with Crippen molar-refractivity contribution in [2.24, 2.45) is 0 Å². The number of ether oxygens (including phenoxy) is 1. The molecule has 25 heavy (non-hydrogen) atoms. The largest absolute Gasteiger partial charge is 0.494 e. The van der Waals surface area contributed by atoms with Crippen LogP contribution in [-0.2, 0) is 4.79 Å². The van der Waals surface area contributed by atoms with Gasteiger partial charge in [0, 0.05) is 17.6 Å². The summed E-state index contributed by atoms with van der Waals surface area (Å²) in [4.78, 5) is 24.2. The molecule has 1 aliphatic heterocycles. The first kappa shape index (κ1) is 16.5. The van der Waals surface area contributed by atoms with E-state index in [9.17, 15) is 9.59 Å². The van der Waals surface area contributed by atoms with Crippen molar-refractivity contribution in [1.29, 1.82) is 5.26 Å². The van der Waals surface area contributed by atoms with Crippen molar-refractivity contribution >= 4 is 23.5 Å². The first-order chi connectivity index (χ1) is 12.2. The molecular formula is C20H16N2O3. The molecule has 0 aromatic heterocycles. The zero-order valence-corrected chi connectivity index (χ0v) is 13.5. The Morgan fingerprint density at radius 2 is 1.84 bits per heavy atom. The quantitative estimate of drug-likeness (QED) is 0.518. The monoisotopic (exact) mass is 332 g/mol. The number of carbonyl (C=O) groups is 2. The van der Waals surface area contributed by atoms with E-state index in [-0.39, 0.29) is 5.91 Å². The summed E-state index contributed by atoms with van der Waals surface area (Å²) in [6.07, 6.45) is 2.86. The fourth-order valence-electron chi connectivity index (χ4n) is 2.62. The SMILES string of the molecule is N#CCCCOc1cccc(C=C2C(=O)NC(=O)c3ccccc32)c1. The molecule has 0 saturated heterocycles. The molecule has 0 fully saturated rings. The summed E-state index contributed by atoms with van der Waals surface area (Å²) in [6.45, 7) is 0.464. The van der Waals surface area contributed by atoms with Gasteiger partial charge >= 0.3 is 0 Å². The van der Waals surface area contributed by atoms with E-state index in [0.717, 1.165) is 5.56 Å². The van der Waals surface area contributed by atoms with E-state index in [1.54, 1.807) is 30.3 Å². The third-order valence-electron chi connectivity index (χ3n) is 3.80. The molecule has 1 N–H and O–H groups in total. The molecule has 1 heterocycles. The molecule has 2 aromatic carbocycles. The summed E-state index contributed by atoms with van der Waals surface area (Å²) < 4.78 is 5.62. The van der Waals surface area contributed by atoms with Crippen LogP contribution in [0, 0.1) is 11.3 Å². The fourth-order valence-corrected chi connectivity index (χ4v) is 2.62. The van der Waals surface area contributed by atoms with Gasteiger partial charge in [-0.05, 0) is 41.8 Å². The second kappa shape index (κ2) is 7.45. The van der Waals surface area contributed by atoms with Crippen LogP contribution in [0.1, 0.15) is 34.3 Å². The van der Waals surface area contributed by atoms with E-state index in [1.165, 1.54) is 0 Å². The van der Waals surface area contributed by atoms with Gasteiger partial charge in [0.25, 0.3) is 11.8 Å². The van der Waals surface area contributed by atoms with Crippen LogP contribution in [0.4, 0.5) is 0 Å². The lowest BCUT2D eigenvalue weighted by molar-refractivity contribution is -0.114. The van der Waals surface area contributed by atoms with Gasteiger partial charge in [-0.15, -0.1) is 0 Å². The fraction of sp³-hybridized carbons (Fsp3) is 0.150. The minimum atomic E-state index is -0.413. The normalized spacial score (nSPS) is 14.6. The van der Waals surface area contributed by atoms with Gasteiger partial charge in [0.05, 0.1) is 12.7 Å². The highest BCUT2D eigenvalue weighted by atomic mass is 16.5. The van der Waals surface area contributed by atoms with Gasteiger partial charge in [-0.3, -0.25) is 14.9 Å². The Morgan fingerprint density at radius 3 is 2.64 bits per heavy atom. The van der Waals surface area contributed by atoms with Crippen molar-refractivity contribution in [2.45, 2.75) is 12.8 Å². The number of rotatable bonds is 5. The average Bonchev–Trinajstić information content (AvgIpc) is 2.63. The number of nitrogens with zero attached hydrogens (tertiary/aromatic N) is 1. The molecule has 0 atom stereocenters. The van der Waals surface area contributed by atoms with Gasteiger partial charge in [0.15, 0.2) is 0 Å². The van der Waals surface area contributed by atoms with Crippen LogP contribution >= 0.6 is 0 Å². The lowest BCUT2D eigenvalue weighted by Gasteiger charge is -2.18. The maximum Gasteiger partial charge on any atom is 0.258 e. The van der Waals surface area contributed by atoms with Gasteiger partial charge < -0.3 is 4.74 Å². The number of amides is 2. The summed E-state index contributed by atoms with van der Waals surface area (Å²) in [5.41, 5.74) is 2.35. The standard InChI is InChI=1S/C20H16N2O3/c21-10-3-4-11-25-15-7-5-6-14(12-15)13-18-16-8-1-2-9-17(16)19(23)22-20(18)24/h1-2,5-9,12-13H,3-4,11H2,(H,22,23,24). The Labute approximate surface area is 145 Å². The van der Waals surface area contributed by atoms with Crippen molar-refractivity contribution in [1.82, 2.24) is 5.32 Å². The van der Waals surface area contributed by atoms with Gasteiger partial charge in [0.1, 0.15) is 5.75 Å². The number of unbranched alkanes of at least 4 members (excludes halogenated alkanes) is 1. The Morgan fingerprint density at radius 1 is 1.04 bits per heavy atom. The Kier molecular flexibility index (Phi) is 4.91. The Balaban J connectivity index is 1.88. The summed E-state index contributed by atoms with van der Waals surface area (Å²) in [5, 5.41) is 10.9. The van der Waals surface area contributed by atoms with Crippen molar-refractivity contribution in [3.05, 3.63) is 65.2 Å². The molecule has 0 spiro atoms. The van der Waals surface area contributed by atoms with Gasteiger partial charge in [-0.1, -0.05) is 30.3 Å². The number of hydrogen-bond acceptors (Lipinski definition) is 4. The Bertz CT molecular complexity index is 894. The highest BCUT2D eigenvalue weighted by molar-refractivity contribution is 6.33. The van der Waals surface area contributed by atoms with Crippen LogP contribution in [0.2, 0.25) is 0 Å². The van der Waals surface area contributed by atoms with Crippen LogP contribution in [0.5, 0.6) is 5.75 Å². The van der Waals surface area contributed by atoms with Crippen LogP contribution in [0.3, 0.4) is 0 Å². The average molecular weight is 332 g/mol. The molecular weight excluding hydrogens is 316 g/mol. The third kappa shape index (κ3) is 3.75. The van der Waals surface area contributed by atoms with Crippen molar-refractivity contribution in [3.63, 3.8) is 0 Å². The number of fused-ring (bicyclic) bond motifs is 1. The van der Waals surface area contributed by atoms with Gasteiger partial charge in [0.2, 0.25) is 0 Å². The van der Waals surface area contributed by atoms with Crippen LogP contribution < -0.4 is 10.1 Å². The topological polar surface area (TPSA) is 79.2 Å². The summed E-state index contributed by atoms with van der Waals surface area (Å²) in [7, 11) is 0. The lowest BCUT2D eigenvalue weighted by Crippen LogP contribution is -2.36. The number of carbonyl (C=O) groups excluding carboxylic acids is 2. The van der Waals surface area contributed by atoms with E-state index >= 15 is 0 Å². The highest BCUT2D eigenvalue weighted by Gasteiger charge is 2.26. The molecule has 0 radical (unpaired) electrons. The predicted octanol–water partition coefficient (Wildman–Crippen LogP) is 3.18. The molecule has 5 heteroatoms. The molecule has 0 bridgehead atoms. The van der Waals surface area contributed by atoms with Gasteiger partial charge in [-0.2, -0.15) is 5.26 Å². The van der Waals surface area contributed by atoms with E-state index in [0.29, 0.717) is 41.9 Å². The minimum Gasteiger partial charge on any atom is -0.494 e. The zero-order chi connectivity index (χ0) is 17.6. The number of nitriles is 1. The van der Waals surface area contributed by atoms with Crippen LogP contribution in [0.25, 0.3) is 11.6 Å². The van der Waals surface area contributed by atoms with E-state index < -0.39 is 5.91 Å². The van der Waals surface area contributed by atoms with Crippen molar-refractivity contribution in [2.75, 3.05) is 6.61 Å². The maximum atomic E-state index is 12.2.